The summed E-state index contributed by atoms with van der Waals surface area (Å²) in [5.41, 5.74) is 1.27. The Bertz CT molecular complexity index is 1280. The number of hydrogen-bond acceptors (Lipinski definition) is 7. The van der Waals surface area contributed by atoms with E-state index in [2.05, 4.69) is 15.9 Å². The van der Waals surface area contributed by atoms with Crippen molar-refractivity contribution in [3.8, 4) is 11.5 Å². The summed E-state index contributed by atoms with van der Waals surface area (Å²) < 4.78 is 12.9. The van der Waals surface area contributed by atoms with E-state index in [9.17, 15) is 14.9 Å². The molecule has 3 aromatic rings. The van der Waals surface area contributed by atoms with E-state index in [-0.39, 0.29) is 24.8 Å². The lowest BCUT2D eigenvalue weighted by molar-refractivity contribution is -0.384. The number of amides is 1. The largest absolute Gasteiger partial charge is 0.490 e. The molecule has 0 spiro atoms. The summed E-state index contributed by atoms with van der Waals surface area (Å²) >= 11 is 9.95. The van der Waals surface area contributed by atoms with E-state index in [0.29, 0.717) is 32.8 Å². The Morgan fingerprint density at radius 3 is 2.46 bits per heavy atom. The molecule has 1 aliphatic heterocycles. The number of thioether (sulfide) groups is 1. The Balaban J connectivity index is 1.49. The molecule has 0 atom stereocenters. The van der Waals surface area contributed by atoms with Crippen LogP contribution < -0.4 is 9.47 Å². The van der Waals surface area contributed by atoms with Crippen LogP contribution in [0.15, 0.2) is 82.2 Å². The van der Waals surface area contributed by atoms with Crippen molar-refractivity contribution in [1.82, 2.24) is 4.90 Å². The summed E-state index contributed by atoms with van der Waals surface area (Å²) in [6.45, 7) is 0.843. The first-order valence-electron chi connectivity index (χ1n) is 10.5. The van der Waals surface area contributed by atoms with Gasteiger partial charge in [-0.25, -0.2) is 0 Å². The number of ether oxygens (including phenoxy) is 2. The average Bonchev–Trinajstić information content (AvgIpc) is 3.11. The number of nitro benzene ring substituents is 1. The zero-order chi connectivity index (χ0) is 24.8. The minimum absolute atomic E-state index is 0.102. The third-order valence-corrected chi connectivity index (χ3v) is 6.88. The molecule has 1 saturated heterocycles. The van der Waals surface area contributed by atoms with Crippen molar-refractivity contribution in [2.24, 2.45) is 0 Å². The van der Waals surface area contributed by atoms with Gasteiger partial charge in [-0.05, 0) is 42.0 Å². The van der Waals surface area contributed by atoms with E-state index in [1.807, 2.05) is 54.6 Å². The second-order valence-electron chi connectivity index (χ2n) is 7.38. The molecule has 1 fully saturated rings. The molecule has 1 aliphatic rings. The zero-order valence-corrected chi connectivity index (χ0v) is 21.5. The summed E-state index contributed by atoms with van der Waals surface area (Å²) in [7, 11) is 0. The fourth-order valence-corrected chi connectivity index (χ4v) is 4.79. The number of carbonyl (C=O) groups excluding carboxylic acids is 1. The highest BCUT2D eigenvalue weighted by Gasteiger charge is 2.32. The molecular formula is C25H19BrN2O5S2. The van der Waals surface area contributed by atoms with Gasteiger partial charge < -0.3 is 9.47 Å². The van der Waals surface area contributed by atoms with Crippen LogP contribution in [0.2, 0.25) is 0 Å². The Kier molecular flexibility index (Phi) is 8.17. The van der Waals surface area contributed by atoms with Gasteiger partial charge >= 0.3 is 0 Å². The highest BCUT2D eigenvalue weighted by atomic mass is 79.9. The zero-order valence-electron chi connectivity index (χ0n) is 18.3. The van der Waals surface area contributed by atoms with Gasteiger partial charge in [0.1, 0.15) is 29.0 Å². The Hall–Kier alpha value is -3.21. The van der Waals surface area contributed by atoms with Crippen LogP contribution in [0.4, 0.5) is 5.69 Å². The van der Waals surface area contributed by atoms with Crippen LogP contribution in [0.5, 0.6) is 11.5 Å². The molecule has 4 rings (SSSR count). The molecule has 10 heteroatoms. The summed E-state index contributed by atoms with van der Waals surface area (Å²) in [4.78, 5) is 25.8. The van der Waals surface area contributed by atoms with Gasteiger partial charge in [-0.15, -0.1) is 0 Å². The molecule has 0 N–H and O–H groups in total. The fraction of sp³-hybridized carbons (Fsp3) is 0.120. The Morgan fingerprint density at radius 2 is 1.74 bits per heavy atom. The summed E-state index contributed by atoms with van der Waals surface area (Å²) in [6.07, 6.45) is 1.59. The third-order valence-electron chi connectivity index (χ3n) is 4.97. The maximum absolute atomic E-state index is 13.0. The highest BCUT2D eigenvalue weighted by molar-refractivity contribution is 9.10. The van der Waals surface area contributed by atoms with Crippen molar-refractivity contribution in [3.05, 3.63) is 103 Å². The van der Waals surface area contributed by atoms with Crippen molar-refractivity contribution >= 4 is 61.9 Å². The van der Waals surface area contributed by atoms with Gasteiger partial charge in [0.15, 0.2) is 0 Å². The number of hydrogen-bond donors (Lipinski definition) is 0. The van der Waals surface area contributed by atoms with Crippen molar-refractivity contribution in [2.75, 3.05) is 13.2 Å². The van der Waals surface area contributed by atoms with Gasteiger partial charge in [0.25, 0.3) is 11.6 Å². The first-order chi connectivity index (χ1) is 16.9. The summed E-state index contributed by atoms with van der Waals surface area (Å²) in [5, 5.41) is 11.3. The number of rotatable bonds is 9. The molecule has 0 radical (unpaired) electrons. The normalized spacial score (nSPS) is 14.4. The molecule has 178 valence electrons. The van der Waals surface area contributed by atoms with Crippen LogP contribution in [0.1, 0.15) is 11.1 Å². The maximum atomic E-state index is 13.0. The molecule has 0 saturated carbocycles. The molecule has 3 aromatic carbocycles. The van der Waals surface area contributed by atoms with Crippen LogP contribution in [0, 0.1) is 10.1 Å². The van der Waals surface area contributed by atoms with Gasteiger partial charge in [0.05, 0.1) is 16.4 Å². The predicted molar refractivity (Wildman–Crippen MR) is 143 cm³/mol. The van der Waals surface area contributed by atoms with E-state index < -0.39 is 4.92 Å². The fourth-order valence-electron chi connectivity index (χ4n) is 3.28. The Morgan fingerprint density at radius 1 is 1.03 bits per heavy atom. The number of nitrogens with zero attached hydrogens (tertiary/aromatic N) is 2. The lowest BCUT2D eigenvalue weighted by atomic mass is 10.1. The molecule has 1 heterocycles. The molecule has 0 unspecified atom stereocenters. The molecule has 1 amide bonds. The maximum Gasteiger partial charge on any atom is 0.270 e. The minimum Gasteiger partial charge on any atom is -0.490 e. The number of nitro groups is 1. The SMILES string of the molecule is O=C1C(=Cc2cc([N+](=O)[O-])ccc2OCCOc2ccc(Br)cc2)SC(=S)N1Cc1ccccc1. The molecule has 7 nitrogen and oxygen atoms in total. The van der Waals surface area contributed by atoms with E-state index in [1.54, 1.807) is 6.08 Å². The standard InChI is InChI=1S/C25H19BrN2O5S2/c26-19-6-9-21(10-7-19)32-12-13-33-22-11-8-20(28(30)31)14-18(22)15-23-24(29)27(25(34)35-23)16-17-4-2-1-3-5-17/h1-11,14-15H,12-13,16H2. The van der Waals surface area contributed by atoms with Crippen LogP contribution in [-0.4, -0.2) is 33.3 Å². The molecule has 0 aromatic heterocycles. The average molecular weight is 571 g/mol. The van der Waals surface area contributed by atoms with Gasteiger partial charge in [-0.3, -0.25) is 19.8 Å². The summed E-state index contributed by atoms with van der Waals surface area (Å²) in [5.74, 6) is 0.853. The second-order valence-corrected chi connectivity index (χ2v) is 9.97. The predicted octanol–water partition coefficient (Wildman–Crippen LogP) is 6.22. The lowest BCUT2D eigenvalue weighted by Crippen LogP contribution is -2.27. The topological polar surface area (TPSA) is 81.9 Å². The molecular weight excluding hydrogens is 552 g/mol. The number of non-ortho nitro benzene ring substituents is 1. The van der Waals surface area contributed by atoms with E-state index >= 15 is 0 Å². The van der Waals surface area contributed by atoms with Crippen LogP contribution in [0.3, 0.4) is 0 Å². The van der Waals surface area contributed by atoms with Gasteiger partial charge in [-0.1, -0.05) is 70.2 Å². The second kappa shape index (κ2) is 11.5. The van der Waals surface area contributed by atoms with Gasteiger partial charge in [-0.2, -0.15) is 0 Å². The third kappa shape index (κ3) is 6.47. The highest BCUT2D eigenvalue weighted by Crippen LogP contribution is 2.36. The first kappa shape index (κ1) is 24.9. The van der Waals surface area contributed by atoms with Crippen molar-refractivity contribution in [2.45, 2.75) is 6.54 Å². The van der Waals surface area contributed by atoms with Crippen molar-refractivity contribution in [3.63, 3.8) is 0 Å². The van der Waals surface area contributed by atoms with E-state index in [1.165, 1.54) is 23.1 Å². The summed E-state index contributed by atoms with van der Waals surface area (Å²) in [6, 6.07) is 21.2. The van der Waals surface area contributed by atoms with Crippen molar-refractivity contribution in [1.29, 1.82) is 0 Å². The smallest absolute Gasteiger partial charge is 0.270 e. The number of carbonyl (C=O) groups is 1. The molecule has 0 bridgehead atoms. The van der Waals surface area contributed by atoms with Gasteiger partial charge in [0.2, 0.25) is 0 Å². The van der Waals surface area contributed by atoms with E-state index in [4.69, 9.17) is 21.7 Å². The van der Waals surface area contributed by atoms with Crippen LogP contribution in [0.25, 0.3) is 6.08 Å². The number of halogens is 1. The van der Waals surface area contributed by atoms with E-state index in [0.717, 1.165) is 21.8 Å². The first-order valence-corrected chi connectivity index (χ1v) is 12.5. The number of thiocarbonyl (C=S) groups is 1. The molecule has 35 heavy (non-hydrogen) atoms. The minimum atomic E-state index is -0.488. The quantitative estimate of drug-likeness (QED) is 0.0992. The van der Waals surface area contributed by atoms with Crippen molar-refractivity contribution < 1.29 is 19.2 Å². The van der Waals surface area contributed by atoms with Gasteiger partial charge in [0, 0.05) is 22.2 Å². The Labute approximate surface area is 220 Å². The van der Waals surface area contributed by atoms with Crippen LogP contribution >= 0.6 is 39.9 Å². The monoisotopic (exact) mass is 570 g/mol. The molecule has 0 aliphatic carbocycles. The lowest BCUT2D eigenvalue weighted by Gasteiger charge is -2.14. The van der Waals surface area contributed by atoms with Crippen LogP contribution in [-0.2, 0) is 11.3 Å². The number of benzene rings is 3.